The maximum absolute atomic E-state index is 5.68. The lowest BCUT2D eigenvalue weighted by atomic mass is 10.0. The molecule has 1 aliphatic heterocycles. The van der Waals surface area contributed by atoms with Crippen molar-refractivity contribution in [2.75, 3.05) is 6.61 Å². The molecular weight excluding hydrogens is 188 g/mol. The summed E-state index contributed by atoms with van der Waals surface area (Å²) < 4.78 is 5.68. The molecule has 0 bridgehead atoms. The molecule has 3 heterocycles. The van der Waals surface area contributed by atoms with Gasteiger partial charge in [-0.2, -0.15) is 0 Å². The van der Waals surface area contributed by atoms with Crippen molar-refractivity contribution in [3.63, 3.8) is 0 Å². The van der Waals surface area contributed by atoms with E-state index in [-0.39, 0.29) is 6.10 Å². The minimum atomic E-state index is 0.1000. The fourth-order valence-corrected chi connectivity index (χ4v) is 2.04. The van der Waals surface area contributed by atoms with E-state index in [1.54, 1.807) is 6.20 Å². The van der Waals surface area contributed by atoms with E-state index >= 15 is 0 Å². The highest BCUT2D eigenvalue weighted by atomic mass is 16.5. The standard InChI is InChI=1S/C12H12N2O/c1-8-4-6-15-11(8)10-7-14-12-9(10)3-2-5-13-12/h2-5,7,11H,6H2,1H3,(H,13,14). The van der Waals surface area contributed by atoms with E-state index in [0.717, 1.165) is 11.0 Å². The molecule has 15 heavy (non-hydrogen) atoms. The number of hydrogen-bond acceptors (Lipinski definition) is 2. The summed E-state index contributed by atoms with van der Waals surface area (Å²) in [7, 11) is 0. The van der Waals surface area contributed by atoms with Gasteiger partial charge in [0.05, 0.1) is 6.61 Å². The summed E-state index contributed by atoms with van der Waals surface area (Å²) in [6.45, 7) is 2.82. The van der Waals surface area contributed by atoms with Gasteiger partial charge >= 0.3 is 0 Å². The van der Waals surface area contributed by atoms with Crippen molar-refractivity contribution < 1.29 is 4.74 Å². The molecule has 0 radical (unpaired) electrons. The third-order valence-electron chi connectivity index (χ3n) is 2.85. The lowest BCUT2D eigenvalue weighted by Gasteiger charge is -2.10. The zero-order chi connectivity index (χ0) is 10.3. The highest BCUT2D eigenvalue weighted by molar-refractivity contribution is 5.80. The van der Waals surface area contributed by atoms with Crippen molar-refractivity contribution in [2.24, 2.45) is 0 Å². The molecule has 0 saturated heterocycles. The molecule has 0 saturated carbocycles. The SMILES string of the molecule is CC1=CCOC1c1c[nH]c2ncccc12. The molecular formula is C12H12N2O. The smallest absolute Gasteiger partial charge is 0.137 e. The van der Waals surface area contributed by atoms with Crippen LogP contribution in [0.25, 0.3) is 11.0 Å². The van der Waals surface area contributed by atoms with E-state index in [2.05, 4.69) is 29.0 Å². The van der Waals surface area contributed by atoms with Crippen LogP contribution in [0.4, 0.5) is 0 Å². The summed E-state index contributed by atoms with van der Waals surface area (Å²) in [5.41, 5.74) is 3.39. The Morgan fingerprint density at radius 1 is 1.53 bits per heavy atom. The summed E-state index contributed by atoms with van der Waals surface area (Å²) in [5, 5.41) is 1.15. The van der Waals surface area contributed by atoms with Crippen LogP contribution in [0.2, 0.25) is 0 Å². The summed E-state index contributed by atoms with van der Waals surface area (Å²) >= 11 is 0. The molecule has 1 atom stereocenters. The Morgan fingerprint density at radius 3 is 3.27 bits per heavy atom. The molecule has 76 valence electrons. The Kier molecular flexibility index (Phi) is 1.86. The number of H-pyrrole nitrogens is 1. The van der Waals surface area contributed by atoms with E-state index in [1.165, 1.54) is 11.1 Å². The zero-order valence-corrected chi connectivity index (χ0v) is 8.53. The van der Waals surface area contributed by atoms with Crippen molar-refractivity contribution in [2.45, 2.75) is 13.0 Å². The molecule has 2 aromatic heterocycles. The Labute approximate surface area is 87.8 Å². The number of aromatic amines is 1. The first kappa shape index (κ1) is 8.68. The quantitative estimate of drug-likeness (QED) is 0.718. The van der Waals surface area contributed by atoms with Crippen LogP contribution in [-0.2, 0) is 4.74 Å². The van der Waals surface area contributed by atoms with Crippen LogP contribution >= 0.6 is 0 Å². The molecule has 1 aliphatic rings. The number of hydrogen-bond donors (Lipinski definition) is 1. The topological polar surface area (TPSA) is 37.9 Å². The summed E-state index contributed by atoms with van der Waals surface area (Å²) in [6, 6.07) is 4.02. The van der Waals surface area contributed by atoms with Crippen LogP contribution in [-0.4, -0.2) is 16.6 Å². The van der Waals surface area contributed by atoms with Gasteiger partial charge in [0.25, 0.3) is 0 Å². The minimum Gasteiger partial charge on any atom is -0.365 e. The van der Waals surface area contributed by atoms with Crippen LogP contribution in [0, 0.1) is 0 Å². The average Bonchev–Trinajstić information content (AvgIpc) is 2.83. The van der Waals surface area contributed by atoms with Gasteiger partial charge in [0, 0.05) is 23.3 Å². The van der Waals surface area contributed by atoms with E-state index < -0.39 is 0 Å². The Balaban J connectivity index is 2.15. The average molecular weight is 200 g/mol. The number of rotatable bonds is 1. The van der Waals surface area contributed by atoms with Crippen LogP contribution < -0.4 is 0 Å². The second-order valence-corrected chi connectivity index (χ2v) is 3.81. The number of nitrogens with one attached hydrogen (secondary N) is 1. The summed E-state index contributed by atoms with van der Waals surface area (Å²) in [6.07, 6.45) is 6.01. The van der Waals surface area contributed by atoms with Crippen LogP contribution in [0.3, 0.4) is 0 Å². The number of nitrogens with zero attached hydrogens (tertiary/aromatic N) is 1. The van der Waals surface area contributed by atoms with Crippen molar-refractivity contribution >= 4 is 11.0 Å². The molecule has 0 spiro atoms. The molecule has 3 heteroatoms. The maximum atomic E-state index is 5.68. The van der Waals surface area contributed by atoms with Gasteiger partial charge in [-0.05, 0) is 24.6 Å². The van der Waals surface area contributed by atoms with Crippen LogP contribution in [0.15, 0.2) is 36.2 Å². The molecule has 0 aliphatic carbocycles. The summed E-state index contributed by atoms with van der Waals surface area (Å²) in [4.78, 5) is 7.43. The number of aromatic nitrogens is 2. The number of fused-ring (bicyclic) bond motifs is 1. The predicted octanol–water partition coefficient (Wildman–Crippen LogP) is 2.58. The summed E-state index contributed by atoms with van der Waals surface area (Å²) in [5.74, 6) is 0. The van der Waals surface area contributed by atoms with Gasteiger partial charge in [0.2, 0.25) is 0 Å². The third kappa shape index (κ3) is 1.27. The van der Waals surface area contributed by atoms with Crippen molar-refractivity contribution in [1.29, 1.82) is 0 Å². The third-order valence-corrected chi connectivity index (χ3v) is 2.85. The normalized spacial score (nSPS) is 20.9. The maximum Gasteiger partial charge on any atom is 0.137 e. The monoisotopic (exact) mass is 200 g/mol. The fourth-order valence-electron chi connectivity index (χ4n) is 2.04. The first-order valence-electron chi connectivity index (χ1n) is 5.06. The largest absolute Gasteiger partial charge is 0.365 e. The van der Waals surface area contributed by atoms with Gasteiger partial charge < -0.3 is 9.72 Å². The lowest BCUT2D eigenvalue weighted by Crippen LogP contribution is -1.97. The highest BCUT2D eigenvalue weighted by Gasteiger charge is 2.21. The second-order valence-electron chi connectivity index (χ2n) is 3.81. The van der Waals surface area contributed by atoms with Crippen LogP contribution in [0.1, 0.15) is 18.6 Å². The zero-order valence-electron chi connectivity index (χ0n) is 8.53. The molecule has 0 fully saturated rings. The predicted molar refractivity (Wildman–Crippen MR) is 58.5 cm³/mol. The van der Waals surface area contributed by atoms with Gasteiger partial charge in [-0.3, -0.25) is 0 Å². The fraction of sp³-hybridized carbons (Fsp3) is 0.250. The Morgan fingerprint density at radius 2 is 2.47 bits per heavy atom. The van der Waals surface area contributed by atoms with Gasteiger partial charge in [-0.15, -0.1) is 0 Å². The van der Waals surface area contributed by atoms with Crippen LogP contribution in [0.5, 0.6) is 0 Å². The van der Waals surface area contributed by atoms with E-state index in [9.17, 15) is 0 Å². The molecule has 0 amide bonds. The molecule has 2 aromatic rings. The van der Waals surface area contributed by atoms with E-state index in [4.69, 9.17) is 4.74 Å². The van der Waals surface area contributed by atoms with Gasteiger partial charge in [-0.1, -0.05) is 6.08 Å². The first-order valence-corrected chi connectivity index (χ1v) is 5.06. The molecule has 0 aromatic carbocycles. The Bertz CT molecular complexity index is 527. The Hall–Kier alpha value is -1.61. The van der Waals surface area contributed by atoms with E-state index in [0.29, 0.717) is 6.61 Å². The second kappa shape index (κ2) is 3.21. The van der Waals surface area contributed by atoms with Crippen molar-refractivity contribution in [3.05, 3.63) is 41.7 Å². The molecule has 3 nitrogen and oxygen atoms in total. The minimum absolute atomic E-state index is 0.1000. The van der Waals surface area contributed by atoms with Crippen molar-refractivity contribution in [3.8, 4) is 0 Å². The van der Waals surface area contributed by atoms with Gasteiger partial charge in [-0.25, -0.2) is 4.98 Å². The molecule has 3 rings (SSSR count). The number of ether oxygens (including phenoxy) is 1. The molecule has 1 unspecified atom stereocenters. The van der Waals surface area contributed by atoms with E-state index in [1.807, 2.05) is 12.3 Å². The van der Waals surface area contributed by atoms with Gasteiger partial charge in [0.1, 0.15) is 11.8 Å². The lowest BCUT2D eigenvalue weighted by molar-refractivity contribution is 0.124. The highest BCUT2D eigenvalue weighted by Crippen LogP contribution is 2.33. The first-order chi connectivity index (χ1) is 7.36. The number of pyridine rings is 1. The van der Waals surface area contributed by atoms with Crippen molar-refractivity contribution in [1.82, 2.24) is 9.97 Å². The molecule has 1 N–H and O–H groups in total. The van der Waals surface area contributed by atoms with Gasteiger partial charge in [0.15, 0.2) is 0 Å².